The number of thiophene rings is 1. The van der Waals surface area contributed by atoms with Gasteiger partial charge in [-0.1, -0.05) is 0 Å². The molecule has 0 spiro atoms. The maximum absolute atomic E-state index is 12.0. The van der Waals surface area contributed by atoms with Crippen LogP contribution in [0, 0.1) is 6.92 Å². The summed E-state index contributed by atoms with van der Waals surface area (Å²) in [5, 5.41) is 1.71. The van der Waals surface area contributed by atoms with E-state index >= 15 is 0 Å². The minimum absolute atomic E-state index is 0.125. The molecule has 18 heavy (non-hydrogen) atoms. The summed E-state index contributed by atoms with van der Waals surface area (Å²) in [5.74, 6) is 0. The number of aryl methyl sites for hydroxylation is 1. The van der Waals surface area contributed by atoms with Gasteiger partial charge in [0.25, 0.3) is 10.0 Å². The molecule has 0 saturated heterocycles. The maximum atomic E-state index is 12.0. The van der Waals surface area contributed by atoms with Gasteiger partial charge in [-0.2, -0.15) is 0 Å². The maximum Gasteiger partial charge on any atom is 0.251 e. The number of aromatic nitrogens is 2. The lowest BCUT2D eigenvalue weighted by molar-refractivity contribution is 0.582. The minimum atomic E-state index is -3.50. The quantitative estimate of drug-likeness (QED) is 0.918. The lowest BCUT2D eigenvalue weighted by atomic mass is 10.4. The summed E-state index contributed by atoms with van der Waals surface area (Å²) in [6.07, 6.45) is 3.16. The first-order valence-corrected chi connectivity index (χ1v) is 8.15. The number of hydrogen-bond donors (Lipinski definition) is 1. The van der Waals surface area contributed by atoms with Crippen molar-refractivity contribution in [3.63, 3.8) is 0 Å². The monoisotopic (exact) mass is 347 g/mol. The average Bonchev–Trinajstić information content (AvgIpc) is 2.76. The summed E-state index contributed by atoms with van der Waals surface area (Å²) in [5.41, 5.74) is 1.37. The SMILES string of the molecule is Cc1cnc(CNS(=O)(=O)c2sccc2Br)cn1. The Kier molecular flexibility index (Phi) is 4.10. The van der Waals surface area contributed by atoms with Crippen LogP contribution < -0.4 is 4.72 Å². The predicted octanol–water partition coefficient (Wildman–Crippen LogP) is 2.09. The van der Waals surface area contributed by atoms with Crippen LogP contribution in [0.1, 0.15) is 11.4 Å². The van der Waals surface area contributed by atoms with Crippen molar-refractivity contribution in [1.29, 1.82) is 0 Å². The minimum Gasteiger partial charge on any atom is -0.258 e. The highest BCUT2D eigenvalue weighted by Crippen LogP contribution is 2.27. The molecule has 0 fully saturated rings. The second-order valence-electron chi connectivity index (χ2n) is 3.53. The molecule has 0 aromatic carbocycles. The van der Waals surface area contributed by atoms with E-state index in [1.165, 1.54) is 0 Å². The van der Waals surface area contributed by atoms with Crippen LogP contribution in [-0.4, -0.2) is 18.4 Å². The van der Waals surface area contributed by atoms with E-state index in [1.807, 2.05) is 6.92 Å². The molecular weight excluding hydrogens is 338 g/mol. The number of hydrogen-bond acceptors (Lipinski definition) is 5. The Hall–Kier alpha value is -0.830. The molecule has 2 heterocycles. The Morgan fingerprint density at radius 1 is 1.39 bits per heavy atom. The molecule has 0 aliphatic rings. The van der Waals surface area contributed by atoms with Crippen molar-refractivity contribution in [1.82, 2.24) is 14.7 Å². The highest BCUT2D eigenvalue weighted by Gasteiger charge is 2.18. The van der Waals surface area contributed by atoms with Crippen LogP contribution in [0.3, 0.4) is 0 Å². The Bertz CT molecular complexity index is 637. The van der Waals surface area contributed by atoms with E-state index in [0.29, 0.717) is 10.2 Å². The third kappa shape index (κ3) is 3.14. The third-order valence-electron chi connectivity index (χ3n) is 2.11. The van der Waals surface area contributed by atoms with Gasteiger partial charge in [-0.05, 0) is 34.3 Å². The fourth-order valence-corrected chi connectivity index (χ4v) is 4.60. The summed E-state index contributed by atoms with van der Waals surface area (Å²) in [6.45, 7) is 1.95. The van der Waals surface area contributed by atoms with Crippen molar-refractivity contribution < 1.29 is 8.42 Å². The second-order valence-corrected chi connectivity index (χ2v) is 7.26. The van der Waals surface area contributed by atoms with Crippen LogP contribution in [0.25, 0.3) is 0 Å². The molecule has 0 bridgehead atoms. The molecule has 2 aromatic heterocycles. The topological polar surface area (TPSA) is 72.0 Å². The van der Waals surface area contributed by atoms with Crippen molar-refractivity contribution >= 4 is 37.3 Å². The van der Waals surface area contributed by atoms with Gasteiger partial charge in [-0.3, -0.25) is 9.97 Å². The fraction of sp³-hybridized carbons (Fsp3) is 0.200. The Morgan fingerprint density at radius 2 is 2.17 bits per heavy atom. The normalized spacial score (nSPS) is 11.7. The molecule has 0 amide bonds. The first-order valence-electron chi connectivity index (χ1n) is 4.99. The van der Waals surface area contributed by atoms with Crippen molar-refractivity contribution in [3.05, 3.63) is 39.7 Å². The van der Waals surface area contributed by atoms with Crippen molar-refractivity contribution in [2.75, 3.05) is 0 Å². The fourth-order valence-electron chi connectivity index (χ4n) is 1.22. The number of rotatable bonds is 4. The number of nitrogens with one attached hydrogen (secondary N) is 1. The molecule has 2 aromatic rings. The zero-order valence-corrected chi connectivity index (χ0v) is 12.6. The van der Waals surface area contributed by atoms with E-state index in [4.69, 9.17) is 0 Å². The van der Waals surface area contributed by atoms with Crippen LogP contribution in [0.2, 0.25) is 0 Å². The van der Waals surface area contributed by atoms with Crippen molar-refractivity contribution in [2.45, 2.75) is 17.7 Å². The second kappa shape index (κ2) is 5.43. The van der Waals surface area contributed by atoms with Gasteiger partial charge in [0, 0.05) is 10.7 Å². The van der Waals surface area contributed by atoms with Crippen LogP contribution in [0.5, 0.6) is 0 Å². The highest BCUT2D eigenvalue weighted by molar-refractivity contribution is 9.10. The molecule has 96 valence electrons. The van der Waals surface area contributed by atoms with E-state index in [-0.39, 0.29) is 10.8 Å². The lowest BCUT2D eigenvalue weighted by Crippen LogP contribution is -2.23. The summed E-state index contributed by atoms with van der Waals surface area (Å²) < 4.78 is 27.3. The molecule has 0 aliphatic heterocycles. The van der Waals surface area contributed by atoms with Crippen molar-refractivity contribution in [3.8, 4) is 0 Å². The summed E-state index contributed by atoms with van der Waals surface area (Å²) >= 11 is 4.36. The molecule has 8 heteroatoms. The Morgan fingerprint density at radius 3 is 2.72 bits per heavy atom. The molecule has 1 N–H and O–H groups in total. The predicted molar refractivity (Wildman–Crippen MR) is 72.8 cm³/mol. The molecular formula is C10H10BrN3O2S2. The van der Waals surface area contributed by atoms with Crippen LogP contribution in [-0.2, 0) is 16.6 Å². The van der Waals surface area contributed by atoms with Gasteiger partial charge in [0.05, 0.1) is 24.1 Å². The van der Waals surface area contributed by atoms with Gasteiger partial charge in [0.15, 0.2) is 0 Å². The smallest absolute Gasteiger partial charge is 0.251 e. The number of nitrogens with zero attached hydrogens (tertiary/aromatic N) is 2. The third-order valence-corrected chi connectivity index (χ3v) is 6.18. The molecule has 0 saturated carbocycles. The van der Waals surface area contributed by atoms with Gasteiger partial charge < -0.3 is 0 Å². The summed E-state index contributed by atoms with van der Waals surface area (Å²) in [6, 6.07) is 1.70. The number of halogens is 1. The zero-order chi connectivity index (χ0) is 13.2. The first-order chi connectivity index (χ1) is 8.49. The molecule has 0 atom stereocenters. The molecule has 0 unspecified atom stereocenters. The van der Waals surface area contributed by atoms with E-state index in [2.05, 4.69) is 30.6 Å². The Balaban J connectivity index is 2.11. The van der Waals surface area contributed by atoms with Gasteiger partial charge in [0.2, 0.25) is 0 Å². The first kappa shape index (κ1) is 13.6. The molecule has 5 nitrogen and oxygen atoms in total. The molecule has 0 aliphatic carbocycles. The van der Waals surface area contributed by atoms with Gasteiger partial charge >= 0.3 is 0 Å². The van der Waals surface area contributed by atoms with Crippen LogP contribution >= 0.6 is 27.3 Å². The van der Waals surface area contributed by atoms with Gasteiger partial charge in [-0.15, -0.1) is 11.3 Å². The van der Waals surface area contributed by atoms with Crippen LogP contribution in [0.15, 0.2) is 32.5 Å². The van der Waals surface area contributed by atoms with E-state index in [1.54, 1.807) is 23.8 Å². The Labute approximate surface area is 117 Å². The highest BCUT2D eigenvalue weighted by atomic mass is 79.9. The van der Waals surface area contributed by atoms with E-state index < -0.39 is 10.0 Å². The number of sulfonamides is 1. The van der Waals surface area contributed by atoms with Crippen LogP contribution in [0.4, 0.5) is 0 Å². The standard InChI is InChI=1S/C10H10BrN3O2S2/c1-7-4-13-8(5-12-7)6-14-18(15,16)10-9(11)2-3-17-10/h2-5,14H,6H2,1H3. The van der Waals surface area contributed by atoms with Gasteiger partial charge in [0.1, 0.15) is 4.21 Å². The molecule has 0 radical (unpaired) electrons. The molecule has 2 rings (SSSR count). The van der Waals surface area contributed by atoms with Crippen molar-refractivity contribution in [2.24, 2.45) is 0 Å². The van der Waals surface area contributed by atoms with Gasteiger partial charge in [-0.25, -0.2) is 13.1 Å². The van der Waals surface area contributed by atoms with E-state index in [0.717, 1.165) is 17.0 Å². The largest absolute Gasteiger partial charge is 0.258 e. The lowest BCUT2D eigenvalue weighted by Gasteiger charge is -2.04. The zero-order valence-electron chi connectivity index (χ0n) is 9.42. The summed E-state index contributed by atoms with van der Waals surface area (Å²) in [4.78, 5) is 8.14. The summed E-state index contributed by atoms with van der Waals surface area (Å²) in [7, 11) is -3.50. The van der Waals surface area contributed by atoms with E-state index in [9.17, 15) is 8.42 Å². The average molecular weight is 348 g/mol.